The number of rotatable bonds is 5. The Morgan fingerprint density at radius 3 is 2.52 bits per heavy atom. The Balaban J connectivity index is 2.11. The van der Waals surface area contributed by atoms with Crippen LogP contribution in [-0.4, -0.2) is 39.6 Å². The molecule has 1 fully saturated rings. The van der Waals surface area contributed by atoms with Crippen molar-refractivity contribution in [3.63, 3.8) is 0 Å². The Hall–Kier alpha value is -1.72. The maximum atomic E-state index is 13.0. The average Bonchev–Trinajstić information content (AvgIpc) is 2.59. The number of benzene rings is 1. The van der Waals surface area contributed by atoms with E-state index in [1.54, 1.807) is 0 Å². The first-order chi connectivity index (χ1) is 12.0. The van der Waals surface area contributed by atoms with E-state index in [9.17, 15) is 4.79 Å². The van der Waals surface area contributed by atoms with Gasteiger partial charge < -0.3 is 5.32 Å². The Labute approximate surface area is 150 Å². The van der Waals surface area contributed by atoms with Crippen LogP contribution in [0.1, 0.15) is 52.4 Å². The number of hydrogen-bond acceptors (Lipinski definition) is 4. The van der Waals surface area contributed by atoms with E-state index in [1.807, 2.05) is 35.8 Å². The minimum absolute atomic E-state index is 0.0837. The van der Waals surface area contributed by atoms with Gasteiger partial charge in [-0.05, 0) is 39.3 Å². The van der Waals surface area contributed by atoms with E-state index in [1.165, 1.54) is 0 Å². The smallest absolute Gasteiger partial charge is 0.261 e. The SMILES string of the molecule is CCC[C@H](c1nc2ccccc2c(=O)n1CC)N1C[C@@H](C)N[C@@H](C)C1. The number of para-hydroxylation sites is 1. The van der Waals surface area contributed by atoms with Crippen LogP contribution in [0.5, 0.6) is 0 Å². The lowest BCUT2D eigenvalue weighted by Crippen LogP contribution is -2.55. The largest absolute Gasteiger partial charge is 0.309 e. The van der Waals surface area contributed by atoms with Gasteiger partial charge in [-0.15, -0.1) is 0 Å². The van der Waals surface area contributed by atoms with Crippen molar-refractivity contribution in [1.29, 1.82) is 0 Å². The fourth-order valence-corrected chi connectivity index (χ4v) is 4.12. The van der Waals surface area contributed by atoms with Crippen LogP contribution in [-0.2, 0) is 6.54 Å². The molecule has 0 radical (unpaired) electrons. The van der Waals surface area contributed by atoms with Gasteiger partial charge in [0.2, 0.25) is 0 Å². The van der Waals surface area contributed by atoms with Crippen LogP contribution in [0.4, 0.5) is 0 Å². The molecular formula is C20H30N4O. The van der Waals surface area contributed by atoms with Gasteiger partial charge in [-0.3, -0.25) is 14.3 Å². The molecule has 0 spiro atoms. The molecular weight excluding hydrogens is 312 g/mol. The second kappa shape index (κ2) is 7.67. The van der Waals surface area contributed by atoms with Gasteiger partial charge >= 0.3 is 0 Å². The highest BCUT2D eigenvalue weighted by Crippen LogP contribution is 2.27. The van der Waals surface area contributed by atoms with Crippen molar-refractivity contribution < 1.29 is 0 Å². The molecule has 0 saturated carbocycles. The van der Waals surface area contributed by atoms with E-state index in [0.29, 0.717) is 24.0 Å². The number of nitrogens with one attached hydrogen (secondary N) is 1. The molecule has 25 heavy (non-hydrogen) atoms. The van der Waals surface area contributed by atoms with Gasteiger partial charge in [-0.1, -0.05) is 25.5 Å². The summed E-state index contributed by atoms with van der Waals surface area (Å²) < 4.78 is 1.88. The van der Waals surface area contributed by atoms with Crippen LogP contribution < -0.4 is 10.9 Å². The lowest BCUT2D eigenvalue weighted by Gasteiger charge is -2.41. The summed E-state index contributed by atoms with van der Waals surface area (Å²) in [5.74, 6) is 0.925. The van der Waals surface area contributed by atoms with Crippen LogP contribution in [0.3, 0.4) is 0 Å². The van der Waals surface area contributed by atoms with Crippen LogP contribution >= 0.6 is 0 Å². The van der Waals surface area contributed by atoms with Crippen molar-refractivity contribution in [3.8, 4) is 0 Å². The van der Waals surface area contributed by atoms with Crippen LogP contribution in [0.15, 0.2) is 29.1 Å². The van der Waals surface area contributed by atoms with E-state index in [4.69, 9.17) is 4.98 Å². The summed E-state index contributed by atoms with van der Waals surface area (Å²) in [5, 5.41) is 4.31. The molecule has 1 saturated heterocycles. The molecule has 5 nitrogen and oxygen atoms in total. The van der Waals surface area contributed by atoms with Crippen molar-refractivity contribution in [3.05, 3.63) is 40.4 Å². The number of hydrogen-bond donors (Lipinski definition) is 1. The molecule has 2 heterocycles. The molecule has 1 N–H and O–H groups in total. The summed E-state index contributed by atoms with van der Waals surface area (Å²) in [4.78, 5) is 20.5. The minimum atomic E-state index is 0.0837. The molecule has 1 aromatic heterocycles. The summed E-state index contributed by atoms with van der Waals surface area (Å²) in [7, 11) is 0. The topological polar surface area (TPSA) is 50.2 Å². The van der Waals surface area contributed by atoms with Crippen molar-refractivity contribution >= 4 is 10.9 Å². The van der Waals surface area contributed by atoms with Gasteiger partial charge in [0, 0.05) is 31.7 Å². The maximum Gasteiger partial charge on any atom is 0.261 e. The molecule has 0 unspecified atom stereocenters. The van der Waals surface area contributed by atoms with Crippen molar-refractivity contribution in [2.45, 2.75) is 65.2 Å². The van der Waals surface area contributed by atoms with Gasteiger partial charge in [-0.25, -0.2) is 4.98 Å². The summed E-state index contributed by atoms with van der Waals surface area (Å²) in [6.45, 7) is 11.3. The summed E-state index contributed by atoms with van der Waals surface area (Å²) in [6.07, 6.45) is 2.09. The van der Waals surface area contributed by atoms with Crippen LogP contribution in [0, 0.1) is 0 Å². The highest BCUT2D eigenvalue weighted by Gasteiger charge is 2.30. The van der Waals surface area contributed by atoms with Crippen molar-refractivity contribution in [1.82, 2.24) is 19.8 Å². The molecule has 1 aliphatic rings. The van der Waals surface area contributed by atoms with Gasteiger partial charge in [0.05, 0.1) is 16.9 Å². The third-order valence-corrected chi connectivity index (χ3v) is 5.09. The van der Waals surface area contributed by atoms with E-state index in [-0.39, 0.29) is 11.6 Å². The first-order valence-corrected chi connectivity index (χ1v) is 9.54. The third-order valence-electron chi connectivity index (χ3n) is 5.09. The summed E-state index contributed by atoms with van der Waals surface area (Å²) in [5.41, 5.74) is 0.893. The lowest BCUT2D eigenvalue weighted by atomic mass is 10.0. The molecule has 136 valence electrons. The second-order valence-corrected chi connectivity index (χ2v) is 7.26. The van der Waals surface area contributed by atoms with Gasteiger partial charge in [0.15, 0.2) is 0 Å². The second-order valence-electron chi connectivity index (χ2n) is 7.26. The minimum Gasteiger partial charge on any atom is -0.309 e. The number of fused-ring (bicyclic) bond motifs is 1. The standard InChI is InChI=1S/C20H30N4O/c1-5-9-18(23-12-14(3)21-15(4)13-23)19-22-17-11-8-7-10-16(17)20(25)24(19)6-2/h7-8,10-11,14-15,18,21H,5-6,9,12-13H2,1-4H3/t14-,15+,18-/m1/s1. The van der Waals surface area contributed by atoms with Gasteiger partial charge in [-0.2, -0.15) is 0 Å². The normalized spacial score (nSPS) is 23.0. The number of nitrogens with zero attached hydrogens (tertiary/aromatic N) is 3. The Morgan fingerprint density at radius 1 is 1.20 bits per heavy atom. The zero-order valence-electron chi connectivity index (χ0n) is 15.8. The van der Waals surface area contributed by atoms with E-state index >= 15 is 0 Å². The van der Waals surface area contributed by atoms with Crippen LogP contribution in [0.2, 0.25) is 0 Å². The molecule has 0 amide bonds. The fourth-order valence-electron chi connectivity index (χ4n) is 4.12. The quantitative estimate of drug-likeness (QED) is 0.908. The Morgan fingerprint density at radius 2 is 1.88 bits per heavy atom. The van der Waals surface area contributed by atoms with E-state index < -0.39 is 0 Å². The van der Waals surface area contributed by atoms with Crippen molar-refractivity contribution in [2.24, 2.45) is 0 Å². The Kier molecular flexibility index (Phi) is 5.54. The third kappa shape index (κ3) is 3.62. The molecule has 5 heteroatoms. The molecule has 2 aromatic rings. The van der Waals surface area contributed by atoms with Gasteiger partial charge in [0.1, 0.15) is 5.82 Å². The van der Waals surface area contributed by atoms with Gasteiger partial charge in [0.25, 0.3) is 5.56 Å². The fraction of sp³-hybridized carbons (Fsp3) is 0.600. The van der Waals surface area contributed by atoms with Crippen LogP contribution in [0.25, 0.3) is 10.9 Å². The molecule has 0 bridgehead atoms. The molecule has 3 rings (SSSR count). The van der Waals surface area contributed by atoms with Crippen molar-refractivity contribution in [2.75, 3.05) is 13.1 Å². The van der Waals surface area contributed by atoms with E-state index in [0.717, 1.165) is 37.3 Å². The summed E-state index contributed by atoms with van der Waals surface area (Å²) >= 11 is 0. The zero-order chi connectivity index (χ0) is 18.0. The predicted molar refractivity (Wildman–Crippen MR) is 103 cm³/mol. The van der Waals surface area contributed by atoms with E-state index in [2.05, 4.69) is 31.0 Å². The highest BCUT2D eigenvalue weighted by atomic mass is 16.1. The first kappa shape index (κ1) is 18.1. The molecule has 3 atom stereocenters. The maximum absolute atomic E-state index is 13.0. The molecule has 1 aliphatic heterocycles. The first-order valence-electron chi connectivity index (χ1n) is 9.54. The zero-order valence-corrected chi connectivity index (χ0v) is 15.8. The number of aromatic nitrogens is 2. The monoisotopic (exact) mass is 342 g/mol. The predicted octanol–water partition coefficient (Wildman–Crippen LogP) is 2.94. The molecule has 0 aliphatic carbocycles. The molecule has 1 aromatic carbocycles. The Bertz CT molecular complexity index is 775. The highest BCUT2D eigenvalue weighted by molar-refractivity contribution is 5.77. The summed E-state index contributed by atoms with van der Waals surface area (Å²) in [6, 6.07) is 8.79. The average molecular weight is 342 g/mol. The number of piperazine rings is 1. The lowest BCUT2D eigenvalue weighted by molar-refractivity contribution is 0.109.